The van der Waals surface area contributed by atoms with Crippen molar-refractivity contribution in [3.05, 3.63) is 42.2 Å². The topological polar surface area (TPSA) is 68.1 Å². The van der Waals surface area contributed by atoms with Crippen molar-refractivity contribution in [2.24, 2.45) is 0 Å². The Morgan fingerprint density at radius 3 is 2.57 bits per heavy atom. The Hall–Kier alpha value is -2.67. The van der Waals surface area contributed by atoms with Crippen LogP contribution in [0.25, 0.3) is 11.0 Å². The van der Waals surface area contributed by atoms with Crippen molar-refractivity contribution >= 4 is 22.9 Å². The predicted molar refractivity (Wildman–Crippen MR) is 110 cm³/mol. The quantitative estimate of drug-likeness (QED) is 0.734. The van der Waals surface area contributed by atoms with E-state index in [0.29, 0.717) is 12.6 Å². The number of hydrogen-bond donors (Lipinski definition) is 1. The van der Waals surface area contributed by atoms with E-state index in [1.165, 1.54) is 31.2 Å². The molecule has 7 nitrogen and oxygen atoms in total. The molecule has 1 N–H and O–H groups in total. The monoisotopic (exact) mass is 378 g/mol. The van der Waals surface area contributed by atoms with Gasteiger partial charge in [-0.3, -0.25) is 0 Å². The van der Waals surface area contributed by atoms with Gasteiger partial charge in [0.1, 0.15) is 0 Å². The Morgan fingerprint density at radius 2 is 1.79 bits per heavy atom. The molecule has 1 saturated carbocycles. The van der Waals surface area contributed by atoms with Crippen LogP contribution in [0.1, 0.15) is 37.3 Å². The molecule has 2 aromatic heterocycles. The lowest BCUT2D eigenvalue weighted by Crippen LogP contribution is -2.37. The molecule has 0 unspecified atom stereocenters. The molecule has 1 saturated heterocycles. The number of morpholine rings is 1. The van der Waals surface area contributed by atoms with E-state index in [4.69, 9.17) is 9.72 Å². The van der Waals surface area contributed by atoms with Crippen LogP contribution >= 0.6 is 0 Å². The van der Waals surface area contributed by atoms with Gasteiger partial charge in [0.15, 0.2) is 0 Å². The van der Waals surface area contributed by atoms with Crippen LogP contribution in [0.4, 0.5) is 11.9 Å². The Kier molecular flexibility index (Phi) is 4.83. The minimum atomic E-state index is 0.537. The molecule has 5 rings (SSSR count). The molecule has 3 heterocycles. The molecule has 1 aliphatic carbocycles. The summed E-state index contributed by atoms with van der Waals surface area (Å²) in [5, 5.41) is 3.53. The minimum absolute atomic E-state index is 0.537. The zero-order chi connectivity index (χ0) is 18.8. The summed E-state index contributed by atoms with van der Waals surface area (Å²) in [5.41, 5.74) is 3.33. The first-order valence-corrected chi connectivity index (χ1v) is 10.2. The SMILES string of the molecule is c1ccc2c(c1)nc(NCc1cnc(N3CCOCC3)nc1)n2C1CCCC1. The fourth-order valence-corrected chi connectivity index (χ4v) is 4.25. The third-order valence-electron chi connectivity index (χ3n) is 5.72. The highest BCUT2D eigenvalue weighted by molar-refractivity contribution is 5.78. The summed E-state index contributed by atoms with van der Waals surface area (Å²) in [5.74, 6) is 1.73. The fraction of sp³-hybridized carbons (Fsp3) is 0.476. The molecule has 1 aromatic carbocycles. The van der Waals surface area contributed by atoms with Gasteiger partial charge in [-0.25, -0.2) is 15.0 Å². The van der Waals surface area contributed by atoms with E-state index in [2.05, 4.69) is 49.0 Å². The first kappa shape index (κ1) is 17.4. The zero-order valence-corrected chi connectivity index (χ0v) is 16.0. The van der Waals surface area contributed by atoms with Gasteiger partial charge in [-0.1, -0.05) is 25.0 Å². The number of hydrogen-bond acceptors (Lipinski definition) is 6. The summed E-state index contributed by atoms with van der Waals surface area (Å²) in [6, 6.07) is 8.95. The van der Waals surface area contributed by atoms with Gasteiger partial charge in [0.2, 0.25) is 11.9 Å². The van der Waals surface area contributed by atoms with Gasteiger partial charge in [-0.15, -0.1) is 0 Å². The van der Waals surface area contributed by atoms with E-state index in [1.54, 1.807) is 0 Å². The van der Waals surface area contributed by atoms with Crippen LogP contribution in [0.5, 0.6) is 0 Å². The number of nitrogens with one attached hydrogen (secondary N) is 1. The Bertz CT molecular complexity index is 926. The van der Waals surface area contributed by atoms with Gasteiger partial charge in [0.25, 0.3) is 0 Å². The maximum atomic E-state index is 5.39. The summed E-state index contributed by atoms with van der Waals surface area (Å²) in [6.45, 7) is 3.85. The van der Waals surface area contributed by atoms with Crippen LogP contribution in [-0.2, 0) is 11.3 Å². The number of fused-ring (bicyclic) bond motifs is 1. The van der Waals surface area contributed by atoms with Gasteiger partial charge in [-0.2, -0.15) is 0 Å². The van der Waals surface area contributed by atoms with E-state index in [9.17, 15) is 0 Å². The number of imidazole rings is 1. The summed E-state index contributed by atoms with van der Waals surface area (Å²) >= 11 is 0. The van der Waals surface area contributed by atoms with Crippen LogP contribution in [-0.4, -0.2) is 45.8 Å². The lowest BCUT2D eigenvalue weighted by molar-refractivity contribution is 0.122. The number of ether oxygens (including phenoxy) is 1. The third-order valence-corrected chi connectivity index (χ3v) is 5.72. The normalized spacial score (nSPS) is 18.1. The number of aromatic nitrogens is 4. The average molecular weight is 378 g/mol. The molecule has 0 radical (unpaired) electrons. The van der Waals surface area contributed by atoms with Crippen LogP contribution < -0.4 is 10.2 Å². The second-order valence-corrected chi connectivity index (χ2v) is 7.58. The molecular formula is C21H26N6O. The van der Waals surface area contributed by atoms with Crippen molar-refractivity contribution in [3.8, 4) is 0 Å². The van der Waals surface area contributed by atoms with Crippen molar-refractivity contribution in [2.45, 2.75) is 38.3 Å². The van der Waals surface area contributed by atoms with Crippen LogP contribution in [0, 0.1) is 0 Å². The number of anilines is 2. The van der Waals surface area contributed by atoms with Gasteiger partial charge in [0, 0.05) is 43.6 Å². The highest BCUT2D eigenvalue weighted by Crippen LogP contribution is 2.35. The molecule has 2 fully saturated rings. The van der Waals surface area contributed by atoms with Crippen molar-refractivity contribution in [1.29, 1.82) is 0 Å². The smallest absolute Gasteiger partial charge is 0.225 e. The first-order valence-electron chi connectivity index (χ1n) is 10.2. The maximum absolute atomic E-state index is 5.39. The molecule has 0 spiro atoms. The van der Waals surface area contributed by atoms with E-state index in [-0.39, 0.29) is 0 Å². The number of benzene rings is 1. The van der Waals surface area contributed by atoms with Crippen molar-refractivity contribution in [2.75, 3.05) is 36.5 Å². The highest BCUT2D eigenvalue weighted by atomic mass is 16.5. The van der Waals surface area contributed by atoms with Crippen LogP contribution in [0.15, 0.2) is 36.7 Å². The molecule has 146 valence electrons. The number of nitrogens with zero attached hydrogens (tertiary/aromatic N) is 5. The summed E-state index contributed by atoms with van der Waals surface area (Å²) in [6.07, 6.45) is 8.88. The van der Waals surface area contributed by atoms with Gasteiger partial charge in [0.05, 0.1) is 24.2 Å². The fourth-order valence-electron chi connectivity index (χ4n) is 4.25. The number of rotatable bonds is 5. The molecule has 28 heavy (non-hydrogen) atoms. The van der Waals surface area contributed by atoms with Crippen molar-refractivity contribution in [3.63, 3.8) is 0 Å². The van der Waals surface area contributed by atoms with Crippen molar-refractivity contribution < 1.29 is 4.74 Å². The molecule has 0 atom stereocenters. The van der Waals surface area contributed by atoms with E-state index in [0.717, 1.165) is 49.3 Å². The summed E-state index contributed by atoms with van der Waals surface area (Å²) < 4.78 is 7.79. The standard InChI is InChI=1S/C21H26N6O/c1-2-6-17(5-1)27-19-8-4-3-7-18(19)25-21(27)24-15-16-13-22-20(23-14-16)26-9-11-28-12-10-26/h3-4,7-8,13-14,17H,1-2,5-6,9-12,15H2,(H,24,25). The first-order chi connectivity index (χ1) is 13.9. The lowest BCUT2D eigenvalue weighted by Gasteiger charge is -2.26. The second kappa shape index (κ2) is 7.75. The summed E-state index contributed by atoms with van der Waals surface area (Å²) in [7, 11) is 0. The molecular weight excluding hydrogens is 352 g/mol. The molecule has 7 heteroatoms. The second-order valence-electron chi connectivity index (χ2n) is 7.58. The van der Waals surface area contributed by atoms with Crippen LogP contribution in [0.3, 0.4) is 0 Å². The Balaban J connectivity index is 1.33. The highest BCUT2D eigenvalue weighted by Gasteiger charge is 2.22. The Labute approximate surface area is 164 Å². The predicted octanol–water partition coefficient (Wildman–Crippen LogP) is 3.39. The average Bonchev–Trinajstić information content (AvgIpc) is 3.40. The maximum Gasteiger partial charge on any atom is 0.225 e. The van der Waals surface area contributed by atoms with Gasteiger partial charge >= 0.3 is 0 Å². The third kappa shape index (κ3) is 3.42. The van der Waals surface area contributed by atoms with E-state index >= 15 is 0 Å². The summed E-state index contributed by atoms with van der Waals surface area (Å²) in [4.78, 5) is 16.1. The molecule has 0 bridgehead atoms. The van der Waals surface area contributed by atoms with Crippen LogP contribution in [0.2, 0.25) is 0 Å². The van der Waals surface area contributed by atoms with Gasteiger partial charge in [-0.05, 0) is 25.0 Å². The molecule has 2 aliphatic rings. The Morgan fingerprint density at radius 1 is 1.04 bits per heavy atom. The van der Waals surface area contributed by atoms with E-state index < -0.39 is 0 Å². The van der Waals surface area contributed by atoms with E-state index in [1.807, 2.05) is 12.4 Å². The lowest BCUT2D eigenvalue weighted by atomic mass is 10.2. The molecule has 0 amide bonds. The molecule has 1 aliphatic heterocycles. The minimum Gasteiger partial charge on any atom is -0.378 e. The largest absolute Gasteiger partial charge is 0.378 e. The number of para-hydroxylation sites is 2. The zero-order valence-electron chi connectivity index (χ0n) is 16.0. The van der Waals surface area contributed by atoms with Gasteiger partial charge < -0.3 is 19.5 Å². The van der Waals surface area contributed by atoms with Crippen molar-refractivity contribution in [1.82, 2.24) is 19.5 Å². The molecule has 3 aromatic rings.